The number of para-hydroxylation sites is 1. The molecule has 5 nitrogen and oxygen atoms in total. The summed E-state index contributed by atoms with van der Waals surface area (Å²) in [7, 11) is 0. The van der Waals surface area contributed by atoms with Crippen LogP contribution in [0.2, 0.25) is 0 Å². The minimum atomic E-state index is -0.486. The van der Waals surface area contributed by atoms with Gasteiger partial charge in [0.15, 0.2) is 6.10 Å². The number of hydrogen-bond acceptors (Lipinski definition) is 4. The van der Waals surface area contributed by atoms with Crippen LogP contribution in [0.1, 0.15) is 24.5 Å². The van der Waals surface area contributed by atoms with Crippen LogP contribution >= 0.6 is 0 Å². The minimum Gasteiger partial charge on any atom is -0.480 e. The van der Waals surface area contributed by atoms with E-state index in [9.17, 15) is 4.79 Å². The van der Waals surface area contributed by atoms with Gasteiger partial charge >= 0.3 is 0 Å². The summed E-state index contributed by atoms with van der Waals surface area (Å²) in [4.78, 5) is 16.7. The molecule has 0 radical (unpaired) electrons. The van der Waals surface area contributed by atoms with Gasteiger partial charge in [-0.3, -0.25) is 9.69 Å². The van der Waals surface area contributed by atoms with E-state index in [-0.39, 0.29) is 5.91 Å². The maximum atomic E-state index is 12.6. The summed E-state index contributed by atoms with van der Waals surface area (Å²) in [5.41, 5.74) is 2.09. The van der Waals surface area contributed by atoms with Gasteiger partial charge in [-0.15, -0.1) is 0 Å². The number of piperazine rings is 1. The molecule has 1 amide bonds. The van der Waals surface area contributed by atoms with E-state index in [0.29, 0.717) is 19.5 Å². The number of aryl methyl sites for hydroxylation is 2. The summed E-state index contributed by atoms with van der Waals surface area (Å²) >= 11 is 0. The first kappa shape index (κ1) is 17.3. The molecule has 23 heavy (non-hydrogen) atoms. The molecule has 0 spiro atoms. The van der Waals surface area contributed by atoms with E-state index in [1.54, 1.807) is 0 Å². The second-order valence-corrected chi connectivity index (χ2v) is 6.06. The van der Waals surface area contributed by atoms with Crippen LogP contribution in [0.25, 0.3) is 0 Å². The number of nitrogens with zero attached hydrogens (tertiary/aromatic N) is 3. The zero-order valence-corrected chi connectivity index (χ0v) is 14.2. The van der Waals surface area contributed by atoms with Crippen molar-refractivity contribution < 1.29 is 9.53 Å². The van der Waals surface area contributed by atoms with Gasteiger partial charge in [-0.25, -0.2) is 0 Å². The topological polar surface area (TPSA) is 56.6 Å². The van der Waals surface area contributed by atoms with E-state index in [4.69, 9.17) is 10.00 Å². The van der Waals surface area contributed by atoms with Crippen LogP contribution in [0.3, 0.4) is 0 Å². The zero-order valence-electron chi connectivity index (χ0n) is 14.2. The van der Waals surface area contributed by atoms with Crippen LogP contribution in [0.4, 0.5) is 0 Å². The molecule has 1 aliphatic rings. The Morgan fingerprint density at radius 3 is 2.43 bits per heavy atom. The fraction of sp³-hybridized carbons (Fsp3) is 0.556. The van der Waals surface area contributed by atoms with Crippen molar-refractivity contribution in [1.82, 2.24) is 9.80 Å². The summed E-state index contributed by atoms with van der Waals surface area (Å²) in [5.74, 6) is 0.841. The Hall–Kier alpha value is -2.06. The number of benzene rings is 1. The van der Waals surface area contributed by atoms with Crippen LogP contribution in [-0.4, -0.2) is 54.5 Å². The monoisotopic (exact) mass is 315 g/mol. The summed E-state index contributed by atoms with van der Waals surface area (Å²) < 4.78 is 5.93. The van der Waals surface area contributed by atoms with Crippen LogP contribution in [0.15, 0.2) is 18.2 Å². The first-order chi connectivity index (χ1) is 11.0. The Bertz CT molecular complexity index is 566. The highest BCUT2D eigenvalue weighted by atomic mass is 16.5. The standard InChI is InChI=1S/C18H25N3O2/c1-14-6-4-7-15(2)17(14)23-16(3)18(22)21-12-10-20(11-13-21)9-5-8-19/h4,6-7,16H,5,9-13H2,1-3H3. The van der Waals surface area contributed by atoms with Gasteiger partial charge in [-0.2, -0.15) is 5.26 Å². The first-order valence-electron chi connectivity index (χ1n) is 8.14. The summed E-state index contributed by atoms with van der Waals surface area (Å²) in [5, 5.41) is 8.64. The summed E-state index contributed by atoms with van der Waals surface area (Å²) in [6.45, 7) is 9.63. The normalized spacial score (nSPS) is 16.7. The minimum absolute atomic E-state index is 0.0348. The average Bonchev–Trinajstić information content (AvgIpc) is 2.56. The molecule has 124 valence electrons. The molecule has 1 aromatic carbocycles. The van der Waals surface area contributed by atoms with Gasteiger partial charge in [0.1, 0.15) is 5.75 Å². The molecule has 1 fully saturated rings. The van der Waals surface area contributed by atoms with Gasteiger partial charge in [0.25, 0.3) is 5.91 Å². The van der Waals surface area contributed by atoms with Gasteiger partial charge in [-0.1, -0.05) is 18.2 Å². The predicted molar refractivity (Wildman–Crippen MR) is 89.3 cm³/mol. The largest absolute Gasteiger partial charge is 0.480 e. The third-order valence-corrected chi connectivity index (χ3v) is 4.27. The van der Waals surface area contributed by atoms with Crippen molar-refractivity contribution in [3.63, 3.8) is 0 Å². The van der Waals surface area contributed by atoms with E-state index in [2.05, 4.69) is 11.0 Å². The Balaban J connectivity index is 1.90. The second kappa shape index (κ2) is 7.98. The number of ether oxygens (including phenoxy) is 1. The zero-order chi connectivity index (χ0) is 16.8. The van der Waals surface area contributed by atoms with E-state index in [0.717, 1.165) is 36.5 Å². The average molecular weight is 315 g/mol. The molecule has 0 aromatic heterocycles. The van der Waals surface area contributed by atoms with E-state index >= 15 is 0 Å². The molecular formula is C18H25N3O2. The van der Waals surface area contributed by atoms with Crippen LogP contribution in [-0.2, 0) is 4.79 Å². The van der Waals surface area contributed by atoms with Crippen LogP contribution in [0, 0.1) is 25.2 Å². The predicted octanol–water partition coefficient (Wildman–Crippen LogP) is 2.13. The van der Waals surface area contributed by atoms with Gasteiger partial charge in [0.05, 0.1) is 6.07 Å². The van der Waals surface area contributed by atoms with Crippen molar-refractivity contribution in [3.05, 3.63) is 29.3 Å². The first-order valence-corrected chi connectivity index (χ1v) is 8.14. The van der Waals surface area contributed by atoms with Gasteiger partial charge in [0.2, 0.25) is 0 Å². The van der Waals surface area contributed by atoms with Gasteiger partial charge in [-0.05, 0) is 31.9 Å². The Labute approximate surface area is 138 Å². The van der Waals surface area contributed by atoms with Crippen molar-refractivity contribution >= 4 is 5.91 Å². The van der Waals surface area contributed by atoms with Gasteiger partial charge < -0.3 is 9.64 Å². The molecule has 0 aliphatic carbocycles. The molecule has 1 saturated heterocycles. The Kier molecular flexibility index (Phi) is 6.00. The van der Waals surface area contributed by atoms with E-state index in [1.807, 2.05) is 43.9 Å². The molecule has 2 rings (SSSR count). The fourth-order valence-corrected chi connectivity index (χ4v) is 2.87. The highest BCUT2D eigenvalue weighted by Gasteiger charge is 2.26. The van der Waals surface area contributed by atoms with Crippen LogP contribution in [0.5, 0.6) is 5.75 Å². The molecule has 0 bridgehead atoms. The molecule has 0 N–H and O–H groups in total. The van der Waals surface area contributed by atoms with Crippen molar-refractivity contribution in [2.45, 2.75) is 33.3 Å². The smallest absolute Gasteiger partial charge is 0.263 e. The van der Waals surface area contributed by atoms with Crippen molar-refractivity contribution in [2.24, 2.45) is 0 Å². The van der Waals surface area contributed by atoms with Gasteiger partial charge in [0, 0.05) is 39.1 Å². The number of amides is 1. The summed E-state index contributed by atoms with van der Waals surface area (Å²) in [6.07, 6.45) is 0.0560. The number of carbonyl (C=O) groups excluding carboxylic acids is 1. The lowest BCUT2D eigenvalue weighted by molar-refractivity contribution is -0.139. The fourth-order valence-electron chi connectivity index (χ4n) is 2.87. The molecule has 1 aliphatic heterocycles. The summed E-state index contributed by atoms with van der Waals surface area (Å²) in [6, 6.07) is 8.14. The number of carbonyl (C=O) groups is 1. The molecule has 1 heterocycles. The molecular weight excluding hydrogens is 290 g/mol. The Morgan fingerprint density at radius 1 is 1.26 bits per heavy atom. The van der Waals surface area contributed by atoms with Crippen molar-refractivity contribution in [2.75, 3.05) is 32.7 Å². The maximum absolute atomic E-state index is 12.6. The maximum Gasteiger partial charge on any atom is 0.263 e. The number of nitriles is 1. The lowest BCUT2D eigenvalue weighted by atomic mass is 10.1. The van der Waals surface area contributed by atoms with E-state index in [1.165, 1.54) is 0 Å². The highest BCUT2D eigenvalue weighted by Crippen LogP contribution is 2.24. The molecule has 1 unspecified atom stereocenters. The third kappa shape index (κ3) is 4.46. The molecule has 1 atom stereocenters. The second-order valence-electron chi connectivity index (χ2n) is 6.06. The van der Waals surface area contributed by atoms with Crippen LogP contribution < -0.4 is 4.74 Å². The number of hydrogen-bond donors (Lipinski definition) is 0. The molecule has 1 aromatic rings. The molecule has 5 heteroatoms. The SMILES string of the molecule is Cc1cccc(C)c1OC(C)C(=O)N1CCN(CCC#N)CC1. The van der Waals surface area contributed by atoms with Crippen molar-refractivity contribution in [1.29, 1.82) is 5.26 Å². The highest BCUT2D eigenvalue weighted by molar-refractivity contribution is 5.81. The molecule has 0 saturated carbocycles. The van der Waals surface area contributed by atoms with Crippen molar-refractivity contribution in [3.8, 4) is 11.8 Å². The third-order valence-electron chi connectivity index (χ3n) is 4.27. The van der Waals surface area contributed by atoms with E-state index < -0.39 is 6.10 Å². The quantitative estimate of drug-likeness (QED) is 0.835. The lowest BCUT2D eigenvalue weighted by Crippen LogP contribution is -2.52. The lowest BCUT2D eigenvalue weighted by Gasteiger charge is -2.35. The Morgan fingerprint density at radius 2 is 1.87 bits per heavy atom. The number of rotatable bonds is 5.